The average molecular weight is 182 g/mol. The van der Waals surface area contributed by atoms with Gasteiger partial charge in [-0.15, -0.1) is 0 Å². The highest BCUT2D eigenvalue weighted by Crippen LogP contribution is 2.24. The molecule has 2 atom stereocenters. The van der Waals surface area contributed by atoms with Gasteiger partial charge in [0.2, 0.25) is 0 Å². The van der Waals surface area contributed by atoms with Gasteiger partial charge in [0.25, 0.3) is 0 Å². The first-order chi connectivity index (χ1) is 6.27. The van der Waals surface area contributed by atoms with Gasteiger partial charge in [-0.3, -0.25) is 0 Å². The van der Waals surface area contributed by atoms with Gasteiger partial charge in [0, 0.05) is 12.6 Å². The second-order valence-electron chi connectivity index (χ2n) is 4.78. The monoisotopic (exact) mass is 182 g/mol. The lowest BCUT2D eigenvalue weighted by atomic mass is 10.0. The van der Waals surface area contributed by atoms with E-state index in [0.29, 0.717) is 0 Å². The Balaban J connectivity index is 1.81. The van der Waals surface area contributed by atoms with Crippen molar-refractivity contribution in [3.8, 4) is 0 Å². The maximum atomic E-state index is 2.65. The van der Waals surface area contributed by atoms with Crippen molar-refractivity contribution >= 4 is 0 Å². The maximum absolute atomic E-state index is 2.65. The van der Waals surface area contributed by atoms with Crippen molar-refractivity contribution in [3.05, 3.63) is 0 Å². The lowest BCUT2D eigenvalue weighted by Crippen LogP contribution is -2.33. The SMILES string of the molecule is CC1C(CN2CCCC2)CCN1C. The van der Waals surface area contributed by atoms with Crippen molar-refractivity contribution < 1.29 is 0 Å². The van der Waals surface area contributed by atoms with Gasteiger partial charge in [-0.25, -0.2) is 0 Å². The summed E-state index contributed by atoms with van der Waals surface area (Å²) in [4.78, 5) is 5.15. The Kier molecular flexibility index (Phi) is 2.89. The molecule has 0 aromatic carbocycles. The molecule has 2 unspecified atom stereocenters. The zero-order valence-corrected chi connectivity index (χ0v) is 9.00. The summed E-state index contributed by atoms with van der Waals surface area (Å²) in [5.41, 5.74) is 0. The molecule has 0 radical (unpaired) electrons. The van der Waals surface area contributed by atoms with Gasteiger partial charge in [-0.05, 0) is 58.8 Å². The minimum Gasteiger partial charge on any atom is -0.303 e. The summed E-state index contributed by atoms with van der Waals surface area (Å²) >= 11 is 0. The molecule has 2 rings (SSSR count). The van der Waals surface area contributed by atoms with E-state index in [2.05, 4.69) is 23.8 Å². The molecule has 2 aliphatic heterocycles. The molecule has 13 heavy (non-hydrogen) atoms. The second kappa shape index (κ2) is 3.97. The molecule has 2 aliphatic rings. The van der Waals surface area contributed by atoms with Gasteiger partial charge in [-0.2, -0.15) is 0 Å². The molecule has 76 valence electrons. The van der Waals surface area contributed by atoms with E-state index in [9.17, 15) is 0 Å². The second-order valence-corrected chi connectivity index (χ2v) is 4.78. The van der Waals surface area contributed by atoms with Crippen LogP contribution in [0.1, 0.15) is 26.2 Å². The molecular weight excluding hydrogens is 160 g/mol. The van der Waals surface area contributed by atoms with Gasteiger partial charge >= 0.3 is 0 Å². The molecule has 0 aliphatic carbocycles. The Bertz CT molecular complexity index is 163. The van der Waals surface area contributed by atoms with Gasteiger partial charge in [0.05, 0.1) is 0 Å². The molecule has 0 aromatic heterocycles. The van der Waals surface area contributed by atoms with Crippen molar-refractivity contribution in [2.75, 3.05) is 33.2 Å². The van der Waals surface area contributed by atoms with E-state index < -0.39 is 0 Å². The summed E-state index contributed by atoms with van der Waals surface area (Å²) in [5, 5.41) is 0. The van der Waals surface area contributed by atoms with Crippen LogP contribution in [0.2, 0.25) is 0 Å². The molecule has 0 amide bonds. The molecule has 2 nitrogen and oxygen atoms in total. The topological polar surface area (TPSA) is 6.48 Å². The van der Waals surface area contributed by atoms with Crippen LogP contribution in [-0.4, -0.2) is 49.1 Å². The van der Waals surface area contributed by atoms with E-state index in [4.69, 9.17) is 0 Å². The lowest BCUT2D eigenvalue weighted by molar-refractivity contribution is 0.228. The smallest absolute Gasteiger partial charge is 0.0105 e. The maximum Gasteiger partial charge on any atom is 0.0105 e. The van der Waals surface area contributed by atoms with Gasteiger partial charge < -0.3 is 9.80 Å². The van der Waals surface area contributed by atoms with Crippen LogP contribution in [0, 0.1) is 5.92 Å². The van der Waals surface area contributed by atoms with Gasteiger partial charge in [0.1, 0.15) is 0 Å². The molecule has 2 heterocycles. The third-order valence-electron chi connectivity index (χ3n) is 3.92. The first kappa shape index (κ1) is 9.47. The molecule has 2 heteroatoms. The lowest BCUT2D eigenvalue weighted by Gasteiger charge is -2.24. The summed E-state index contributed by atoms with van der Waals surface area (Å²) in [6, 6.07) is 0.806. The Labute approximate surface area is 81.9 Å². The summed E-state index contributed by atoms with van der Waals surface area (Å²) in [7, 11) is 2.26. The highest BCUT2D eigenvalue weighted by atomic mass is 15.2. The highest BCUT2D eigenvalue weighted by molar-refractivity contribution is 4.84. The van der Waals surface area contributed by atoms with E-state index in [1.807, 2.05) is 0 Å². The van der Waals surface area contributed by atoms with Crippen molar-refractivity contribution in [3.63, 3.8) is 0 Å². The van der Waals surface area contributed by atoms with Crippen molar-refractivity contribution in [1.29, 1.82) is 0 Å². The molecule has 0 spiro atoms. The van der Waals surface area contributed by atoms with Crippen LogP contribution in [0.15, 0.2) is 0 Å². The summed E-state index contributed by atoms with van der Waals surface area (Å²) < 4.78 is 0. The quantitative estimate of drug-likeness (QED) is 0.637. The molecule has 2 fully saturated rings. The van der Waals surface area contributed by atoms with E-state index in [1.54, 1.807) is 0 Å². The van der Waals surface area contributed by atoms with Crippen molar-refractivity contribution in [2.45, 2.75) is 32.2 Å². The first-order valence-corrected chi connectivity index (χ1v) is 5.70. The van der Waals surface area contributed by atoms with Crippen LogP contribution in [0.25, 0.3) is 0 Å². The number of likely N-dealkylation sites (tertiary alicyclic amines) is 2. The molecule has 0 bridgehead atoms. The zero-order valence-electron chi connectivity index (χ0n) is 9.00. The fourth-order valence-corrected chi connectivity index (χ4v) is 2.71. The highest BCUT2D eigenvalue weighted by Gasteiger charge is 2.29. The Morgan fingerprint density at radius 3 is 2.38 bits per heavy atom. The molecule has 2 saturated heterocycles. The average Bonchev–Trinajstić information content (AvgIpc) is 2.71. The summed E-state index contributed by atoms with van der Waals surface area (Å²) in [5.74, 6) is 0.933. The summed E-state index contributed by atoms with van der Waals surface area (Å²) in [6.07, 6.45) is 4.27. The number of nitrogens with zero attached hydrogens (tertiary/aromatic N) is 2. The van der Waals surface area contributed by atoms with E-state index in [1.165, 1.54) is 45.4 Å². The van der Waals surface area contributed by atoms with Gasteiger partial charge in [-0.1, -0.05) is 0 Å². The fourth-order valence-electron chi connectivity index (χ4n) is 2.71. The Morgan fingerprint density at radius 1 is 1.15 bits per heavy atom. The Morgan fingerprint density at radius 2 is 1.85 bits per heavy atom. The van der Waals surface area contributed by atoms with E-state index in [-0.39, 0.29) is 0 Å². The van der Waals surface area contributed by atoms with Crippen LogP contribution in [-0.2, 0) is 0 Å². The standard InChI is InChI=1S/C11H22N2/c1-10-11(5-8-12(10)2)9-13-6-3-4-7-13/h10-11H,3-9H2,1-2H3. The summed E-state index contributed by atoms with van der Waals surface area (Å²) in [6.45, 7) is 7.75. The first-order valence-electron chi connectivity index (χ1n) is 5.70. The number of hydrogen-bond donors (Lipinski definition) is 0. The van der Waals surface area contributed by atoms with Crippen LogP contribution in [0.5, 0.6) is 0 Å². The molecular formula is C11H22N2. The minimum absolute atomic E-state index is 0.806. The minimum atomic E-state index is 0.806. The van der Waals surface area contributed by atoms with E-state index >= 15 is 0 Å². The molecule has 0 aromatic rings. The van der Waals surface area contributed by atoms with Crippen LogP contribution >= 0.6 is 0 Å². The predicted octanol–water partition coefficient (Wildman–Crippen LogP) is 1.42. The third-order valence-corrected chi connectivity index (χ3v) is 3.92. The molecule has 0 N–H and O–H groups in total. The van der Waals surface area contributed by atoms with Crippen LogP contribution in [0.4, 0.5) is 0 Å². The largest absolute Gasteiger partial charge is 0.303 e. The number of hydrogen-bond acceptors (Lipinski definition) is 2. The fraction of sp³-hybridized carbons (Fsp3) is 1.00. The predicted molar refractivity (Wildman–Crippen MR) is 55.9 cm³/mol. The molecule has 0 saturated carbocycles. The third kappa shape index (κ3) is 2.05. The normalized spacial score (nSPS) is 37.4. The van der Waals surface area contributed by atoms with Crippen molar-refractivity contribution in [2.24, 2.45) is 5.92 Å². The van der Waals surface area contributed by atoms with E-state index in [0.717, 1.165) is 12.0 Å². The zero-order chi connectivity index (χ0) is 9.26. The van der Waals surface area contributed by atoms with Crippen LogP contribution < -0.4 is 0 Å². The Hall–Kier alpha value is -0.0800. The number of rotatable bonds is 2. The van der Waals surface area contributed by atoms with Crippen LogP contribution in [0.3, 0.4) is 0 Å². The van der Waals surface area contributed by atoms with Crippen molar-refractivity contribution in [1.82, 2.24) is 9.80 Å². The van der Waals surface area contributed by atoms with Gasteiger partial charge in [0.15, 0.2) is 0 Å².